The van der Waals surface area contributed by atoms with Crippen molar-refractivity contribution >= 4 is 27.5 Å². The van der Waals surface area contributed by atoms with Crippen LogP contribution in [0.4, 0.5) is 17.6 Å². The first-order valence-electron chi connectivity index (χ1n) is 6.16. The lowest BCUT2D eigenvalue weighted by atomic mass is 10.2. The van der Waals surface area contributed by atoms with Crippen LogP contribution in [-0.2, 0) is 6.61 Å². The van der Waals surface area contributed by atoms with Crippen LogP contribution in [0.3, 0.4) is 0 Å². The summed E-state index contributed by atoms with van der Waals surface area (Å²) in [5, 5.41) is 0.309. The van der Waals surface area contributed by atoms with Gasteiger partial charge in [0, 0.05) is 16.7 Å². The first kappa shape index (κ1) is 17.8. The van der Waals surface area contributed by atoms with E-state index >= 15 is 0 Å². The summed E-state index contributed by atoms with van der Waals surface area (Å²) in [7, 11) is 0. The number of alkyl halides is 3. The van der Waals surface area contributed by atoms with Gasteiger partial charge in [0.1, 0.15) is 18.2 Å². The second-order valence-corrected chi connectivity index (χ2v) is 5.64. The van der Waals surface area contributed by atoms with Gasteiger partial charge in [-0.25, -0.2) is 9.37 Å². The van der Waals surface area contributed by atoms with Gasteiger partial charge in [-0.1, -0.05) is 11.6 Å². The molecule has 2 aromatic rings. The van der Waals surface area contributed by atoms with Crippen molar-refractivity contribution in [2.75, 3.05) is 6.61 Å². The van der Waals surface area contributed by atoms with Crippen molar-refractivity contribution < 1.29 is 27.0 Å². The van der Waals surface area contributed by atoms with Gasteiger partial charge in [-0.3, -0.25) is 0 Å². The molecule has 0 atom stereocenters. The zero-order valence-electron chi connectivity index (χ0n) is 11.3. The molecule has 0 saturated heterocycles. The van der Waals surface area contributed by atoms with Gasteiger partial charge in [-0.2, -0.15) is 13.2 Å². The molecule has 0 aliphatic heterocycles. The number of nitrogens with zero attached hydrogens (tertiary/aromatic N) is 1. The molecule has 0 radical (unpaired) electrons. The summed E-state index contributed by atoms with van der Waals surface area (Å²) in [6.45, 7) is -1.44. The fraction of sp³-hybridized carbons (Fsp3) is 0.214. The molecule has 1 aromatic heterocycles. The van der Waals surface area contributed by atoms with E-state index in [1.54, 1.807) is 0 Å². The van der Waals surface area contributed by atoms with E-state index in [0.29, 0.717) is 10.6 Å². The molecule has 1 heterocycles. The Labute approximate surface area is 142 Å². The zero-order chi connectivity index (χ0) is 17.0. The molecule has 0 aliphatic carbocycles. The van der Waals surface area contributed by atoms with Crippen LogP contribution in [0.25, 0.3) is 0 Å². The third-order valence-electron chi connectivity index (χ3n) is 2.58. The summed E-state index contributed by atoms with van der Waals surface area (Å²) < 4.78 is 59.5. The smallest absolute Gasteiger partial charge is 0.422 e. The second kappa shape index (κ2) is 7.35. The minimum Gasteiger partial charge on any atom is -0.483 e. The fourth-order valence-corrected chi connectivity index (χ4v) is 2.22. The van der Waals surface area contributed by atoms with Crippen molar-refractivity contribution in [2.24, 2.45) is 0 Å². The molecule has 0 N–H and O–H groups in total. The molecular weight excluding hydrogens is 406 g/mol. The number of rotatable bonds is 5. The standard InChI is InChI=1S/C14H9BrClF4NO2/c15-10-4-11(16)8(3-12(10)17)6-22-13-2-1-9(5-21-13)23-7-14(18,19)20/h1-5H,6-7H2. The van der Waals surface area contributed by atoms with Gasteiger partial charge in [0.2, 0.25) is 5.88 Å². The minimum atomic E-state index is -4.42. The van der Waals surface area contributed by atoms with Crippen LogP contribution in [0.5, 0.6) is 11.6 Å². The van der Waals surface area contributed by atoms with Crippen LogP contribution in [-0.4, -0.2) is 17.8 Å². The zero-order valence-corrected chi connectivity index (χ0v) is 13.7. The number of aromatic nitrogens is 1. The van der Waals surface area contributed by atoms with Crippen molar-refractivity contribution in [3.05, 3.63) is 51.3 Å². The highest BCUT2D eigenvalue weighted by molar-refractivity contribution is 9.10. The highest BCUT2D eigenvalue weighted by Crippen LogP contribution is 2.26. The van der Waals surface area contributed by atoms with Crippen molar-refractivity contribution in [1.82, 2.24) is 4.98 Å². The van der Waals surface area contributed by atoms with E-state index in [9.17, 15) is 17.6 Å². The first-order chi connectivity index (χ1) is 10.7. The van der Waals surface area contributed by atoms with Gasteiger partial charge in [0.15, 0.2) is 6.61 Å². The molecule has 0 amide bonds. The van der Waals surface area contributed by atoms with E-state index in [4.69, 9.17) is 16.3 Å². The molecule has 23 heavy (non-hydrogen) atoms. The number of pyridine rings is 1. The molecular formula is C14H9BrClF4NO2. The maximum atomic E-state index is 13.4. The Bertz CT molecular complexity index is 680. The Morgan fingerprint density at radius 3 is 2.52 bits per heavy atom. The minimum absolute atomic E-state index is 0.0395. The third kappa shape index (κ3) is 5.54. The quantitative estimate of drug-likeness (QED) is 0.500. The van der Waals surface area contributed by atoms with Gasteiger partial charge in [-0.15, -0.1) is 0 Å². The predicted molar refractivity (Wildman–Crippen MR) is 79.2 cm³/mol. The average molecular weight is 415 g/mol. The van der Waals surface area contributed by atoms with Crippen molar-refractivity contribution in [3.8, 4) is 11.6 Å². The number of hydrogen-bond donors (Lipinski definition) is 0. The lowest BCUT2D eigenvalue weighted by Crippen LogP contribution is -2.19. The van der Waals surface area contributed by atoms with Crippen molar-refractivity contribution in [3.63, 3.8) is 0 Å². The number of hydrogen-bond acceptors (Lipinski definition) is 3. The van der Waals surface area contributed by atoms with Crippen LogP contribution < -0.4 is 9.47 Å². The summed E-state index contributed by atoms with van der Waals surface area (Å²) in [6, 6.07) is 5.25. The van der Waals surface area contributed by atoms with E-state index in [2.05, 4.69) is 25.7 Å². The summed E-state index contributed by atoms with van der Waals surface area (Å²) in [6.07, 6.45) is -3.32. The van der Waals surface area contributed by atoms with Crippen molar-refractivity contribution in [2.45, 2.75) is 12.8 Å². The van der Waals surface area contributed by atoms with E-state index in [1.165, 1.54) is 24.3 Å². The lowest BCUT2D eigenvalue weighted by molar-refractivity contribution is -0.153. The maximum absolute atomic E-state index is 13.4. The first-order valence-corrected chi connectivity index (χ1v) is 7.33. The SMILES string of the molecule is Fc1cc(COc2ccc(OCC(F)(F)F)cn2)c(Cl)cc1Br. The third-order valence-corrected chi connectivity index (χ3v) is 3.54. The van der Waals surface area contributed by atoms with Crippen LogP contribution in [0.2, 0.25) is 5.02 Å². The van der Waals surface area contributed by atoms with Crippen LogP contribution >= 0.6 is 27.5 Å². The number of ether oxygens (including phenoxy) is 2. The topological polar surface area (TPSA) is 31.4 Å². The Balaban J connectivity index is 1.95. The normalized spacial score (nSPS) is 11.4. The molecule has 0 spiro atoms. The molecule has 2 rings (SSSR count). The van der Waals surface area contributed by atoms with Crippen LogP contribution in [0, 0.1) is 5.82 Å². The highest BCUT2D eigenvalue weighted by atomic mass is 79.9. The molecule has 0 fully saturated rings. The molecule has 3 nitrogen and oxygen atoms in total. The molecule has 9 heteroatoms. The van der Waals surface area contributed by atoms with E-state index < -0.39 is 18.6 Å². The summed E-state index contributed by atoms with van der Waals surface area (Å²) >= 11 is 8.96. The lowest BCUT2D eigenvalue weighted by Gasteiger charge is -2.10. The van der Waals surface area contributed by atoms with Gasteiger partial charge in [0.25, 0.3) is 0 Å². The molecule has 124 valence electrons. The molecule has 0 saturated carbocycles. The number of halogens is 6. The Kier molecular flexibility index (Phi) is 5.69. The van der Waals surface area contributed by atoms with E-state index in [0.717, 1.165) is 6.20 Å². The van der Waals surface area contributed by atoms with Crippen LogP contribution in [0.1, 0.15) is 5.56 Å². The monoisotopic (exact) mass is 413 g/mol. The fourth-order valence-electron chi connectivity index (χ4n) is 1.53. The second-order valence-electron chi connectivity index (χ2n) is 4.38. The maximum Gasteiger partial charge on any atom is 0.422 e. The Morgan fingerprint density at radius 2 is 1.91 bits per heavy atom. The molecule has 1 aromatic carbocycles. The van der Waals surface area contributed by atoms with Gasteiger partial charge in [-0.05, 0) is 34.1 Å². The summed E-state index contributed by atoms with van der Waals surface area (Å²) in [4.78, 5) is 3.80. The molecule has 0 aliphatic rings. The molecule has 0 bridgehead atoms. The van der Waals surface area contributed by atoms with E-state index in [-0.39, 0.29) is 22.7 Å². The van der Waals surface area contributed by atoms with Gasteiger partial charge < -0.3 is 9.47 Å². The largest absolute Gasteiger partial charge is 0.483 e. The average Bonchev–Trinajstić information content (AvgIpc) is 2.48. The van der Waals surface area contributed by atoms with Gasteiger partial charge >= 0.3 is 6.18 Å². The number of benzene rings is 1. The Morgan fingerprint density at radius 1 is 1.17 bits per heavy atom. The summed E-state index contributed by atoms with van der Waals surface area (Å²) in [5.41, 5.74) is 0.409. The highest BCUT2D eigenvalue weighted by Gasteiger charge is 2.28. The summed E-state index contributed by atoms with van der Waals surface area (Å²) in [5.74, 6) is -0.386. The van der Waals surface area contributed by atoms with Gasteiger partial charge in [0.05, 0.1) is 10.7 Å². The predicted octanol–water partition coefficient (Wildman–Crippen LogP) is 5.16. The van der Waals surface area contributed by atoms with Crippen molar-refractivity contribution in [1.29, 1.82) is 0 Å². The van der Waals surface area contributed by atoms with Crippen LogP contribution in [0.15, 0.2) is 34.9 Å². The molecule has 0 unspecified atom stereocenters. The Hall–Kier alpha value is -1.54. The van der Waals surface area contributed by atoms with E-state index in [1.807, 2.05) is 0 Å².